The van der Waals surface area contributed by atoms with E-state index < -0.39 is 0 Å². The van der Waals surface area contributed by atoms with Crippen LogP contribution in [0.15, 0.2) is 0 Å². The molecule has 0 spiro atoms. The van der Waals surface area contributed by atoms with Crippen LogP contribution < -0.4 is 0 Å². The summed E-state index contributed by atoms with van der Waals surface area (Å²) in [4.78, 5) is 21.5. The summed E-state index contributed by atoms with van der Waals surface area (Å²) in [6.07, 6.45) is 6.92. The minimum absolute atomic E-state index is 0.215. The van der Waals surface area contributed by atoms with E-state index in [4.69, 9.17) is 0 Å². The van der Waals surface area contributed by atoms with Crippen LogP contribution in [0.2, 0.25) is 0 Å². The van der Waals surface area contributed by atoms with Crippen molar-refractivity contribution < 1.29 is 9.59 Å². The lowest BCUT2D eigenvalue weighted by Crippen LogP contribution is -2.41. The zero-order chi connectivity index (χ0) is 7.95. The largest absolute Gasteiger partial charge is 0.303 e. The van der Waals surface area contributed by atoms with Crippen LogP contribution in [-0.4, -0.2) is 12.6 Å². The van der Waals surface area contributed by atoms with Gasteiger partial charge in [-0.3, -0.25) is 0 Å². The molecule has 11 heavy (non-hydrogen) atoms. The molecule has 2 aliphatic rings. The Balaban J connectivity index is 2.23. The summed E-state index contributed by atoms with van der Waals surface area (Å²) in [6.45, 7) is 0. The van der Waals surface area contributed by atoms with Crippen LogP contribution in [0.3, 0.4) is 0 Å². The van der Waals surface area contributed by atoms with Gasteiger partial charge in [0.2, 0.25) is 0 Å². The summed E-state index contributed by atoms with van der Waals surface area (Å²) in [5, 5.41) is 0. The maximum Gasteiger partial charge on any atom is 0.127 e. The molecule has 2 rings (SSSR count). The van der Waals surface area contributed by atoms with Gasteiger partial charge in [0.1, 0.15) is 12.6 Å². The van der Waals surface area contributed by atoms with Crippen LogP contribution >= 0.6 is 0 Å². The van der Waals surface area contributed by atoms with Crippen LogP contribution in [-0.2, 0) is 9.59 Å². The minimum atomic E-state index is -0.227. The van der Waals surface area contributed by atoms with E-state index in [0.29, 0.717) is 0 Å². The molecule has 0 radical (unpaired) electrons. The molecule has 2 fully saturated rings. The second-order valence-electron chi connectivity index (χ2n) is 3.90. The van der Waals surface area contributed by atoms with E-state index in [0.717, 1.165) is 44.7 Å². The van der Waals surface area contributed by atoms with Gasteiger partial charge in [0.25, 0.3) is 0 Å². The molecule has 0 unspecified atom stereocenters. The number of carbonyl (C=O) groups excluding carboxylic acids is 2. The molecule has 0 atom stereocenters. The summed E-state index contributed by atoms with van der Waals surface area (Å²) in [5.74, 6) is 0. The molecule has 0 aromatic heterocycles. The first-order valence-corrected chi connectivity index (χ1v) is 4.21. The van der Waals surface area contributed by atoms with E-state index >= 15 is 0 Å². The Labute approximate surface area is 66.0 Å². The van der Waals surface area contributed by atoms with E-state index in [1.54, 1.807) is 0 Å². The van der Waals surface area contributed by atoms with E-state index in [9.17, 15) is 9.59 Å². The SMILES string of the molecule is O=CC1(C2(C=O)CC2)CCC1. The Hall–Kier alpha value is -0.660. The topological polar surface area (TPSA) is 34.1 Å². The number of hydrogen-bond acceptors (Lipinski definition) is 2. The van der Waals surface area contributed by atoms with Crippen molar-refractivity contribution in [3.8, 4) is 0 Å². The first kappa shape index (κ1) is 7.01. The Kier molecular flexibility index (Phi) is 1.23. The lowest BCUT2D eigenvalue weighted by atomic mass is 9.60. The fourth-order valence-electron chi connectivity index (χ4n) is 2.16. The smallest absolute Gasteiger partial charge is 0.127 e. The molecule has 2 heteroatoms. The molecule has 0 heterocycles. The predicted molar refractivity (Wildman–Crippen MR) is 40.1 cm³/mol. The number of hydrogen-bond donors (Lipinski definition) is 0. The molecule has 2 aliphatic carbocycles. The lowest BCUT2D eigenvalue weighted by Gasteiger charge is -2.41. The molecule has 60 valence electrons. The van der Waals surface area contributed by atoms with E-state index in [2.05, 4.69) is 0 Å². The molecular weight excluding hydrogens is 140 g/mol. The normalized spacial score (nSPS) is 30.2. The van der Waals surface area contributed by atoms with Crippen molar-refractivity contribution in [2.24, 2.45) is 10.8 Å². The quantitative estimate of drug-likeness (QED) is 0.572. The fourth-order valence-corrected chi connectivity index (χ4v) is 2.16. The zero-order valence-electron chi connectivity index (χ0n) is 6.51. The third-order valence-electron chi connectivity index (χ3n) is 3.48. The zero-order valence-corrected chi connectivity index (χ0v) is 6.51. The van der Waals surface area contributed by atoms with Gasteiger partial charge in [-0.2, -0.15) is 0 Å². The van der Waals surface area contributed by atoms with E-state index in [1.807, 2.05) is 0 Å². The predicted octanol–water partition coefficient (Wildman–Crippen LogP) is 1.33. The standard InChI is InChI=1S/C9H12O2/c10-6-8(2-1-3-8)9(7-11)4-5-9/h6-7H,1-5H2. The Morgan fingerprint density at radius 2 is 1.27 bits per heavy atom. The van der Waals surface area contributed by atoms with E-state index in [1.165, 1.54) is 0 Å². The third kappa shape index (κ3) is 0.673. The fraction of sp³-hybridized carbons (Fsp3) is 0.778. The second kappa shape index (κ2) is 1.93. The van der Waals surface area contributed by atoms with Crippen molar-refractivity contribution in [1.82, 2.24) is 0 Å². The summed E-state index contributed by atoms with van der Waals surface area (Å²) in [6, 6.07) is 0. The molecule has 2 saturated carbocycles. The average Bonchev–Trinajstić information content (AvgIpc) is 2.68. The Morgan fingerprint density at radius 1 is 0.818 bits per heavy atom. The molecule has 0 bridgehead atoms. The first-order chi connectivity index (χ1) is 5.29. The van der Waals surface area contributed by atoms with Gasteiger partial charge in [-0.25, -0.2) is 0 Å². The summed E-state index contributed by atoms with van der Waals surface area (Å²) >= 11 is 0. The Morgan fingerprint density at radius 3 is 1.36 bits per heavy atom. The summed E-state index contributed by atoms with van der Waals surface area (Å²) in [5.41, 5.74) is -0.443. The maximum absolute atomic E-state index is 10.8. The van der Waals surface area contributed by atoms with Crippen molar-refractivity contribution in [3.05, 3.63) is 0 Å². The molecule has 0 aromatic carbocycles. The van der Waals surface area contributed by atoms with Crippen LogP contribution in [0.4, 0.5) is 0 Å². The van der Waals surface area contributed by atoms with Crippen molar-refractivity contribution >= 4 is 12.6 Å². The molecule has 0 aliphatic heterocycles. The van der Waals surface area contributed by atoms with Gasteiger partial charge in [-0.1, -0.05) is 6.42 Å². The van der Waals surface area contributed by atoms with E-state index in [-0.39, 0.29) is 10.8 Å². The maximum atomic E-state index is 10.8. The highest BCUT2D eigenvalue weighted by atomic mass is 16.1. The van der Waals surface area contributed by atoms with Gasteiger partial charge in [0.05, 0.1) is 0 Å². The second-order valence-corrected chi connectivity index (χ2v) is 3.90. The highest BCUT2D eigenvalue weighted by molar-refractivity contribution is 5.76. The first-order valence-electron chi connectivity index (χ1n) is 4.21. The van der Waals surface area contributed by atoms with Gasteiger partial charge in [0, 0.05) is 10.8 Å². The van der Waals surface area contributed by atoms with Crippen LogP contribution in [0, 0.1) is 10.8 Å². The van der Waals surface area contributed by atoms with Crippen LogP contribution in [0.1, 0.15) is 32.1 Å². The third-order valence-corrected chi connectivity index (χ3v) is 3.48. The summed E-state index contributed by atoms with van der Waals surface area (Å²) < 4.78 is 0. The molecular formula is C9H12O2. The number of rotatable bonds is 3. The highest BCUT2D eigenvalue weighted by Crippen LogP contribution is 2.64. The van der Waals surface area contributed by atoms with Crippen molar-refractivity contribution in [2.45, 2.75) is 32.1 Å². The minimum Gasteiger partial charge on any atom is -0.303 e. The van der Waals surface area contributed by atoms with Crippen LogP contribution in [0.25, 0.3) is 0 Å². The van der Waals surface area contributed by atoms with Crippen molar-refractivity contribution in [2.75, 3.05) is 0 Å². The number of carbonyl (C=O) groups is 2. The molecule has 0 saturated heterocycles. The number of aldehydes is 2. The van der Waals surface area contributed by atoms with Gasteiger partial charge < -0.3 is 9.59 Å². The van der Waals surface area contributed by atoms with Crippen molar-refractivity contribution in [1.29, 1.82) is 0 Å². The lowest BCUT2D eigenvalue weighted by molar-refractivity contribution is -0.133. The van der Waals surface area contributed by atoms with Gasteiger partial charge >= 0.3 is 0 Å². The monoisotopic (exact) mass is 152 g/mol. The molecule has 0 N–H and O–H groups in total. The molecule has 2 nitrogen and oxygen atoms in total. The van der Waals surface area contributed by atoms with Gasteiger partial charge in [-0.05, 0) is 25.7 Å². The highest BCUT2D eigenvalue weighted by Gasteiger charge is 2.61. The van der Waals surface area contributed by atoms with Gasteiger partial charge in [-0.15, -0.1) is 0 Å². The average molecular weight is 152 g/mol. The Bertz CT molecular complexity index is 200. The van der Waals surface area contributed by atoms with Crippen LogP contribution in [0.5, 0.6) is 0 Å². The summed E-state index contributed by atoms with van der Waals surface area (Å²) in [7, 11) is 0. The molecule has 0 aromatic rings. The molecule has 0 amide bonds. The van der Waals surface area contributed by atoms with Crippen molar-refractivity contribution in [3.63, 3.8) is 0 Å². The van der Waals surface area contributed by atoms with Gasteiger partial charge in [0.15, 0.2) is 0 Å².